The second kappa shape index (κ2) is 8.63. The first-order chi connectivity index (χ1) is 15.2. The van der Waals surface area contributed by atoms with Crippen molar-refractivity contribution in [3.8, 4) is 0 Å². The first kappa shape index (κ1) is 19.9. The molecule has 6 heteroatoms. The van der Waals surface area contributed by atoms with Crippen LogP contribution in [0.25, 0.3) is 11.1 Å². The number of hydrogen-bond donors (Lipinski definition) is 0. The van der Waals surface area contributed by atoms with Gasteiger partial charge in [-0.05, 0) is 72.9 Å². The Balaban J connectivity index is 1.39. The van der Waals surface area contributed by atoms with E-state index in [9.17, 15) is 9.59 Å². The molecule has 0 radical (unpaired) electrons. The normalized spacial score (nSPS) is 18.4. The quantitative estimate of drug-likeness (QED) is 0.763. The average Bonchev–Trinajstić information content (AvgIpc) is 3.26. The molecule has 5 rings (SSSR count). The SMILES string of the molecule is O=C(Cn1nc(C2=CCCCC2)ccc1=O)N1CCc2c(C3=CCOCC3)cccc21. The van der Waals surface area contributed by atoms with Crippen LogP contribution in [0.4, 0.5) is 5.69 Å². The summed E-state index contributed by atoms with van der Waals surface area (Å²) in [5, 5.41) is 4.52. The van der Waals surface area contributed by atoms with E-state index < -0.39 is 0 Å². The molecule has 0 spiro atoms. The summed E-state index contributed by atoms with van der Waals surface area (Å²) in [5.41, 5.74) is 6.42. The zero-order chi connectivity index (χ0) is 21.2. The molecular formula is C25H27N3O3. The van der Waals surface area contributed by atoms with Crippen LogP contribution in [0, 0.1) is 0 Å². The van der Waals surface area contributed by atoms with Gasteiger partial charge in [0.2, 0.25) is 5.91 Å². The van der Waals surface area contributed by atoms with E-state index in [4.69, 9.17) is 4.74 Å². The number of ether oxygens (including phenoxy) is 1. The molecule has 0 unspecified atom stereocenters. The Labute approximate surface area is 181 Å². The summed E-state index contributed by atoms with van der Waals surface area (Å²) in [6.07, 6.45) is 10.4. The number of allylic oxidation sites excluding steroid dienone is 2. The fourth-order valence-electron chi connectivity index (χ4n) is 4.78. The van der Waals surface area contributed by atoms with Crippen LogP contribution in [0.1, 0.15) is 48.9 Å². The van der Waals surface area contributed by atoms with Crippen LogP contribution in [0.2, 0.25) is 0 Å². The molecule has 2 aliphatic heterocycles. The van der Waals surface area contributed by atoms with E-state index in [1.54, 1.807) is 11.0 Å². The predicted molar refractivity (Wildman–Crippen MR) is 121 cm³/mol. The van der Waals surface area contributed by atoms with Gasteiger partial charge in [0.05, 0.1) is 18.9 Å². The van der Waals surface area contributed by atoms with Gasteiger partial charge in [0.1, 0.15) is 6.54 Å². The zero-order valence-corrected chi connectivity index (χ0v) is 17.7. The number of fused-ring (bicyclic) bond motifs is 1. The molecule has 0 N–H and O–H groups in total. The standard InChI is InChI=1S/C25H27N3O3/c29-24-10-9-22(19-5-2-1-3-6-19)26-28(24)17-25(30)27-14-11-21-20(7-4-8-23(21)27)18-12-15-31-16-13-18/h4-5,7-10,12H,1-3,6,11,13-17H2. The molecule has 1 aromatic heterocycles. The highest BCUT2D eigenvalue weighted by Crippen LogP contribution is 2.36. The minimum Gasteiger partial charge on any atom is -0.377 e. The lowest BCUT2D eigenvalue weighted by atomic mass is 9.95. The summed E-state index contributed by atoms with van der Waals surface area (Å²) in [7, 11) is 0. The first-order valence-electron chi connectivity index (χ1n) is 11.2. The van der Waals surface area contributed by atoms with Crippen molar-refractivity contribution in [1.29, 1.82) is 0 Å². The molecule has 0 saturated carbocycles. The van der Waals surface area contributed by atoms with Crippen molar-refractivity contribution in [3.63, 3.8) is 0 Å². The predicted octanol–water partition coefficient (Wildman–Crippen LogP) is 3.59. The van der Waals surface area contributed by atoms with Gasteiger partial charge in [-0.1, -0.05) is 24.3 Å². The number of aromatic nitrogens is 2. The number of anilines is 1. The van der Waals surface area contributed by atoms with E-state index in [0.29, 0.717) is 13.2 Å². The molecule has 1 aromatic carbocycles. The highest BCUT2D eigenvalue weighted by atomic mass is 16.5. The molecule has 3 heterocycles. The van der Waals surface area contributed by atoms with Crippen LogP contribution in [-0.2, 0) is 22.5 Å². The van der Waals surface area contributed by atoms with Crippen molar-refractivity contribution in [2.45, 2.75) is 45.1 Å². The smallest absolute Gasteiger partial charge is 0.267 e. The highest BCUT2D eigenvalue weighted by molar-refractivity contribution is 5.96. The van der Waals surface area contributed by atoms with Crippen molar-refractivity contribution in [2.24, 2.45) is 0 Å². The minimum absolute atomic E-state index is 0.0415. The number of benzene rings is 1. The third-order valence-electron chi connectivity index (χ3n) is 6.41. The summed E-state index contributed by atoms with van der Waals surface area (Å²) in [6, 6.07) is 9.45. The third kappa shape index (κ3) is 4.00. The number of carbonyl (C=O) groups excluding carboxylic acids is 1. The molecule has 0 bridgehead atoms. The third-order valence-corrected chi connectivity index (χ3v) is 6.41. The summed E-state index contributed by atoms with van der Waals surface area (Å²) >= 11 is 0. The maximum atomic E-state index is 13.2. The van der Waals surface area contributed by atoms with Crippen LogP contribution in [0.5, 0.6) is 0 Å². The van der Waals surface area contributed by atoms with Crippen molar-refractivity contribution in [1.82, 2.24) is 9.78 Å². The van der Waals surface area contributed by atoms with E-state index in [0.717, 1.165) is 50.1 Å². The molecule has 1 aliphatic carbocycles. The van der Waals surface area contributed by atoms with E-state index in [-0.39, 0.29) is 18.0 Å². The maximum Gasteiger partial charge on any atom is 0.267 e. The Kier molecular flexibility index (Phi) is 5.55. The van der Waals surface area contributed by atoms with Crippen molar-refractivity contribution >= 4 is 22.7 Å². The van der Waals surface area contributed by atoms with Crippen LogP contribution in [-0.4, -0.2) is 35.4 Å². The van der Waals surface area contributed by atoms with Crippen molar-refractivity contribution < 1.29 is 9.53 Å². The van der Waals surface area contributed by atoms with Crippen LogP contribution in [0.15, 0.2) is 47.3 Å². The second-order valence-corrected chi connectivity index (χ2v) is 8.34. The van der Waals surface area contributed by atoms with Gasteiger partial charge in [0.15, 0.2) is 0 Å². The number of carbonyl (C=O) groups is 1. The second-order valence-electron chi connectivity index (χ2n) is 8.34. The molecule has 160 valence electrons. The molecule has 0 atom stereocenters. The summed E-state index contributed by atoms with van der Waals surface area (Å²) in [4.78, 5) is 27.4. The van der Waals surface area contributed by atoms with Crippen molar-refractivity contribution in [2.75, 3.05) is 24.7 Å². The largest absolute Gasteiger partial charge is 0.377 e. The van der Waals surface area contributed by atoms with E-state index in [2.05, 4.69) is 23.3 Å². The minimum atomic E-state index is -0.242. The van der Waals surface area contributed by atoms with Crippen LogP contribution < -0.4 is 10.5 Å². The monoisotopic (exact) mass is 417 g/mol. The number of nitrogens with zero attached hydrogens (tertiary/aromatic N) is 3. The molecule has 6 nitrogen and oxygen atoms in total. The maximum absolute atomic E-state index is 13.2. The molecule has 3 aliphatic rings. The average molecular weight is 418 g/mol. The number of hydrogen-bond acceptors (Lipinski definition) is 4. The van der Waals surface area contributed by atoms with Crippen molar-refractivity contribution in [3.05, 3.63) is 69.7 Å². The van der Waals surface area contributed by atoms with Gasteiger partial charge in [-0.2, -0.15) is 5.10 Å². The highest BCUT2D eigenvalue weighted by Gasteiger charge is 2.28. The summed E-state index contributed by atoms with van der Waals surface area (Å²) in [5.74, 6) is -0.0961. The van der Waals surface area contributed by atoms with Crippen LogP contribution >= 0.6 is 0 Å². The van der Waals surface area contributed by atoms with Gasteiger partial charge in [-0.3, -0.25) is 9.59 Å². The van der Waals surface area contributed by atoms with Gasteiger partial charge in [-0.15, -0.1) is 0 Å². The zero-order valence-electron chi connectivity index (χ0n) is 17.7. The van der Waals surface area contributed by atoms with E-state index >= 15 is 0 Å². The lowest BCUT2D eigenvalue weighted by Crippen LogP contribution is -2.36. The molecule has 31 heavy (non-hydrogen) atoms. The van der Waals surface area contributed by atoms with Crippen LogP contribution in [0.3, 0.4) is 0 Å². The Bertz CT molecular complexity index is 1130. The molecule has 0 fully saturated rings. The van der Waals surface area contributed by atoms with Gasteiger partial charge < -0.3 is 9.64 Å². The molecular weight excluding hydrogens is 390 g/mol. The molecule has 1 amide bonds. The lowest BCUT2D eigenvalue weighted by molar-refractivity contribution is -0.119. The van der Waals surface area contributed by atoms with Gasteiger partial charge >= 0.3 is 0 Å². The Morgan fingerprint density at radius 3 is 2.77 bits per heavy atom. The lowest BCUT2D eigenvalue weighted by Gasteiger charge is -2.20. The summed E-state index contributed by atoms with van der Waals surface area (Å²) < 4.78 is 6.76. The van der Waals surface area contributed by atoms with E-state index in [1.807, 2.05) is 12.1 Å². The Hall–Kier alpha value is -2.99. The fraction of sp³-hybridized carbons (Fsp3) is 0.400. The van der Waals surface area contributed by atoms with E-state index in [1.165, 1.54) is 39.4 Å². The van der Waals surface area contributed by atoms with Gasteiger partial charge in [0.25, 0.3) is 5.56 Å². The topological polar surface area (TPSA) is 64.4 Å². The van der Waals surface area contributed by atoms with Gasteiger partial charge in [-0.25, -0.2) is 4.68 Å². The fourth-order valence-corrected chi connectivity index (χ4v) is 4.78. The van der Waals surface area contributed by atoms with Gasteiger partial charge in [0, 0.05) is 18.3 Å². The number of amides is 1. The summed E-state index contributed by atoms with van der Waals surface area (Å²) in [6.45, 7) is 1.97. The Morgan fingerprint density at radius 1 is 1.03 bits per heavy atom. The Morgan fingerprint density at radius 2 is 1.97 bits per heavy atom. The first-order valence-corrected chi connectivity index (χ1v) is 11.2. The molecule has 2 aromatic rings. The molecule has 0 saturated heterocycles. The number of rotatable bonds is 4.